The molecule has 39 heavy (non-hydrogen) atoms. The van der Waals surface area contributed by atoms with Gasteiger partial charge in [0, 0.05) is 22.8 Å². The van der Waals surface area contributed by atoms with Gasteiger partial charge < -0.3 is 28.6 Å². The molecule has 2 atom stereocenters. The Morgan fingerprint density at radius 2 is 1.77 bits per heavy atom. The van der Waals surface area contributed by atoms with Crippen LogP contribution in [0.15, 0.2) is 54.6 Å². The Bertz CT molecular complexity index is 1370. The number of methoxy groups -OCH3 is 3. The zero-order valence-corrected chi connectivity index (χ0v) is 22.8. The zero-order valence-electron chi connectivity index (χ0n) is 22.0. The van der Waals surface area contributed by atoms with Gasteiger partial charge in [0.25, 0.3) is 5.91 Å². The first-order valence-corrected chi connectivity index (χ1v) is 12.6. The number of fused-ring (bicyclic) bond motifs is 1. The maximum Gasteiger partial charge on any atom is 0.308 e. The van der Waals surface area contributed by atoms with Gasteiger partial charge in [-0.15, -0.1) is 0 Å². The Balaban J connectivity index is 1.88. The Kier molecular flexibility index (Phi) is 8.93. The quantitative estimate of drug-likeness (QED) is 0.322. The molecule has 8 nitrogen and oxygen atoms in total. The first kappa shape index (κ1) is 28.2. The van der Waals surface area contributed by atoms with Crippen molar-refractivity contribution in [2.24, 2.45) is 0 Å². The van der Waals surface area contributed by atoms with Gasteiger partial charge in [-0.25, -0.2) is 4.39 Å². The minimum absolute atomic E-state index is 0.0475. The van der Waals surface area contributed by atoms with Crippen molar-refractivity contribution in [3.63, 3.8) is 0 Å². The number of hydrogen-bond acceptors (Lipinski definition) is 7. The molecule has 0 saturated carbocycles. The number of hydrogen-bond donors (Lipinski definition) is 0. The number of anilines is 1. The highest BCUT2D eigenvalue weighted by molar-refractivity contribution is 6.33. The van der Waals surface area contributed by atoms with Gasteiger partial charge >= 0.3 is 5.97 Å². The molecule has 0 fully saturated rings. The van der Waals surface area contributed by atoms with Gasteiger partial charge in [-0.05, 0) is 43.3 Å². The number of halogens is 2. The molecule has 1 aliphatic rings. The topological polar surface area (TPSA) is 83.5 Å². The summed E-state index contributed by atoms with van der Waals surface area (Å²) < 4.78 is 42.3. The lowest BCUT2D eigenvalue weighted by Gasteiger charge is -2.26. The maximum atomic E-state index is 14.7. The monoisotopic (exact) mass is 557 g/mol. The molecule has 0 radical (unpaired) electrons. The molecule has 1 amide bonds. The summed E-state index contributed by atoms with van der Waals surface area (Å²) in [5, 5.41) is 0.243. The van der Waals surface area contributed by atoms with Gasteiger partial charge in [0.05, 0.1) is 51.6 Å². The van der Waals surface area contributed by atoms with Crippen LogP contribution in [-0.2, 0) is 25.6 Å². The minimum Gasteiger partial charge on any atom is -0.497 e. The molecule has 1 heterocycles. The molecule has 0 unspecified atom stereocenters. The van der Waals surface area contributed by atoms with Crippen molar-refractivity contribution >= 4 is 29.2 Å². The number of carbonyl (C=O) groups excluding carboxylic acids is 2. The normalized spacial score (nSPS) is 16.8. The second-order valence-electron chi connectivity index (χ2n) is 8.68. The minimum atomic E-state index is -1.25. The zero-order chi connectivity index (χ0) is 28.1. The number of ether oxygens (including phenoxy) is 5. The van der Waals surface area contributed by atoms with Gasteiger partial charge in [0.2, 0.25) is 0 Å². The van der Waals surface area contributed by atoms with Crippen molar-refractivity contribution in [1.82, 2.24) is 0 Å². The highest BCUT2D eigenvalue weighted by Gasteiger charge is 2.39. The highest BCUT2D eigenvalue weighted by Crippen LogP contribution is 2.44. The molecular formula is C29H29ClFNO7. The number of rotatable bonds is 9. The summed E-state index contributed by atoms with van der Waals surface area (Å²) in [6.07, 6.45) is -2.60. The van der Waals surface area contributed by atoms with Crippen molar-refractivity contribution in [3.05, 3.63) is 82.1 Å². The molecule has 10 heteroatoms. The average Bonchev–Trinajstić information content (AvgIpc) is 3.04. The molecular weight excluding hydrogens is 529 g/mol. The van der Waals surface area contributed by atoms with Crippen molar-refractivity contribution in [2.75, 3.05) is 32.8 Å². The largest absolute Gasteiger partial charge is 0.497 e. The predicted octanol–water partition coefficient (Wildman–Crippen LogP) is 5.48. The van der Waals surface area contributed by atoms with Crippen LogP contribution >= 0.6 is 11.6 Å². The van der Waals surface area contributed by atoms with Crippen LogP contribution in [-0.4, -0.2) is 45.9 Å². The summed E-state index contributed by atoms with van der Waals surface area (Å²) in [6.45, 7) is 1.86. The number of nitrogens with zero attached hydrogens (tertiary/aromatic N) is 1. The third kappa shape index (κ3) is 5.94. The Morgan fingerprint density at radius 3 is 2.46 bits per heavy atom. The van der Waals surface area contributed by atoms with Crippen LogP contribution in [0.5, 0.6) is 17.2 Å². The molecule has 0 spiro atoms. The summed E-state index contributed by atoms with van der Waals surface area (Å²) in [5.41, 5.74) is 1.87. The number of carbonyl (C=O) groups is 2. The van der Waals surface area contributed by atoms with Crippen LogP contribution in [0.25, 0.3) is 0 Å². The summed E-state index contributed by atoms with van der Waals surface area (Å²) >= 11 is 6.66. The van der Waals surface area contributed by atoms with E-state index < -0.39 is 29.9 Å². The lowest BCUT2D eigenvalue weighted by molar-refractivity contribution is -0.151. The van der Waals surface area contributed by atoms with E-state index in [-0.39, 0.29) is 24.6 Å². The van der Waals surface area contributed by atoms with Gasteiger partial charge in [-0.1, -0.05) is 23.7 Å². The first-order valence-electron chi connectivity index (χ1n) is 12.3. The van der Waals surface area contributed by atoms with Gasteiger partial charge in [-0.2, -0.15) is 0 Å². The highest BCUT2D eigenvalue weighted by atomic mass is 35.5. The smallest absolute Gasteiger partial charge is 0.308 e. The van der Waals surface area contributed by atoms with E-state index in [0.717, 1.165) is 0 Å². The van der Waals surface area contributed by atoms with E-state index in [1.54, 1.807) is 50.4 Å². The molecule has 3 aromatic rings. The first-order chi connectivity index (χ1) is 18.8. The van der Waals surface area contributed by atoms with E-state index in [2.05, 4.69) is 0 Å². The van der Waals surface area contributed by atoms with E-state index >= 15 is 0 Å². The van der Waals surface area contributed by atoms with Crippen LogP contribution in [0.4, 0.5) is 10.1 Å². The second-order valence-corrected chi connectivity index (χ2v) is 9.06. The third-order valence-corrected chi connectivity index (χ3v) is 6.78. The average molecular weight is 558 g/mol. The SMILES string of the molecule is CCOC(=O)C[C@H]1O[C@H](c2cccc(OC)c2Cl)c2cc(F)ccc2N(Cc2ccc(OC)cc2OC)C1=O. The fourth-order valence-corrected chi connectivity index (χ4v) is 4.82. The van der Waals surface area contributed by atoms with E-state index in [1.165, 1.54) is 37.3 Å². The van der Waals surface area contributed by atoms with Crippen molar-refractivity contribution in [3.8, 4) is 17.2 Å². The Hall–Kier alpha value is -3.82. The van der Waals surface area contributed by atoms with Crippen LogP contribution in [0.2, 0.25) is 5.02 Å². The fourth-order valence-electron chi connectivity index (χ4n) is 4.52. The lowest BCUT2D eigenvalue weighted by Crippen LogP contribution is -2.40. The van der Waals surface area contributed by atoms with E-state index in [0.29, 0.717) is 39.6 Å². The van der Waals surface area contributed by atoms with Gasteiger partial charge in [0.1, 0.15) is 35.3 Å². The molecule has 0 aromatic heterocycles. The summed E-state index contributed by atoms with van der Waals surface area (Å²) in [7, 11) is 4.53. The van der Waals surface area contributed by atoms with Crippen LogP contribution in [0.1, 0.15) is 36.1 Å². The van der Waals surface area contributed by atoms with Gasteiger partial charge in [-0.3, -0.25) is 9.59 Å². The van der Waals surface area contributed by atoms with Crippen LogP contribution < -0.4 is 19.1 Å². The van der Waals surface area contributed by atoms with Crippen LogP contribution in [0.3, 0.4) is 0 Å². The van der Waals surface area contributed by atoms with Crippen molar-refractivity contribution in [2.45, 2.75) is 32.1 Å². The molecule has 4 rings (SSSR count). The molecule has 3 aromatic carbocycles. The molecule has 0 bridgehead atoms. The molecule has 206 valence electrons. The lowest BCUT2D eigenvalue weighted by atomic mass is 9.98. The van der Waals surface area contributed by atoms with E-state index in [1.807, 2.05) is 0 Å². The molecule has 0 saturated heterocycles. The van der Waals surface area contributed by atoms with Gasteiger partial charge in [0.15, 0.2) is 0 Å². The summed E-state index contributed by atoms with van der Waals surface area (Å²) in [6, 6.07) is 14.4. The molecule has 0 aliphatic carbocycles. The number of esters is 1. The third-order valence-electron chi connectivity index (χ3n) is 6.38. The summed E-state index contributed by atoms with van der Waals surface area (Å²) in [4.78, 5) is 28.0. The maximum absolute atomic E-state index is 14.7. The number of benzene rings is 3. The molecule has 0 N–H and O–H groups in total. The Labute approximate surface area is 231 Å². The standard InChI is InChI=1S/C29H29ClFNO7/c1-5-38-26(33)15-25-29(34)32(16-17-9-11-19(35-2)14-24(17)37-4)22-12-10-18(31)13-21(22)28(39-25)20-7-6-8-23(36-3)27(20)30/h6-14,25,28H,5,15-16H2,1-4H3/t25-,28-/m1/s1. The summed E-state index contributed by atoms with van der Waals surface area (Å²) in [5.74, 6) is -0.185. The van der Waals surface area contributed by atoms with Crippen molar-refractivity contribution in [1.29, 1.82) is 0 Å². The van der Waals surface area contributed by atoms with Crippen LogP contribution in [0, 0.1) is 5.82 Å². The second kappa shape index (κ2) is 12.4. The fraction of sp³-hybridized carbons (Fsp3) is 0.310. The van der Waals surface area contributed by atoms with E-state index in [4.69, 9.17) is 35.3 Å². The van der Waals surface area contributed by atoms with E-state index in [9.17, 15) is 14.0 Å². The Morgan fingerprint density at radius 1 is 1.00 bits per heavy atom. The molecule has 1 aliphatic heterocycles. The van der Waals surface area contributed by atoms with Crippen molar-refractivity contribution < 1.29 is 37.7 Å². The number of amides is 1. The predicted molar refractivity (Wildman–Crippen MR) is 143 cm³/mol.